The first kappa shape index (κ1) is 21.0. The van der Waals surface area contributed by atoms with Crippen molar-refractivity contribution in [3.05, 3.63) is 53.9 Å². The van der Waals surface area contributed by atoms with Crippen LogP contribution in [0.4, 0.5) is 13.2 Å². The maximum atomic E-state index is 12.5. The number of hydrogen-bond acceptors (Lipinski definition) is 4. The minimum atomic E-state index is -4.40. The molecule has 3 atom stereocenters. The highest BCUT2D eigenvalue weighted by Gasteiger charge is 2.44. The Bertz CT molecular complexity index is 840. The number of alkyl halides is 3. The van der Waals surface area contributed by atoms with Gasteiger partial charge < -0.3 is 14.8 Å². The zero-order chi connectivity index (χ0) is 21.0. The largest absolute Gasteiger partial charge is 0.494 e. The number of hydrogen-bond donors (Lipinski definition) is 1. The standard InChI is InChI=1S/C21H23F3N2O3/c1-3-28-15-6-4-5-14(9-15)17-10-18(17)20(27)26-13(2)19-8-7-16(11-25-19)29-12-21(22,23)24/h4-9,11,13,17-18H,3,10,12H2,1-2H3,(H,26,27)/t13-,17?,18?/m1/s1. The second-order valence-corrected chi connectivity index (χ2v) is 7.01. The van der Waals surface area contributed by atoms with Gasteiger partial charge in [-0.3, -0.25) is 9.78 Å². The quantitative estimate of drug-likeness (QED) is 0.703. The Labute approximate surface area is 167 Å². The first-order valence-corrected chi connectivity index (χ1v) is 9.45. The summed E-state index contributed by atoms with van der Waals surface area (Å²) in [5.41, 5.74) is 1.63. The Morgan fingerprint density at radius 1 is 1.24 bits per heavy atom. The zero-order valence-corrected chi connectivity index (χ0v) is 16.2. The van der Waals surface area contributed by atoms with Crippen molar-refractivity contribution >= 4 is 5.91 Å². The molecule has 1 aliphatic rings. The van der Waals surface area contributed by atoms with Crippen molar-refractivity contribution < 1.29 is 27.4 Å². The molecule has 1 amide bonds. The number of rotatable bonds is 8. The lowest BCUT2D eigenvalue weighted by molar-refractivity contribution is -0.153. The van der Waals surface area contributed by atoms with Crippen LogP contribution in [0, 0.1) is 5.92 Å². The van der Waals surface area contributed by atoms with E-state index in [4.69, 9.17) is 4.74 Å². The lowest BCUT2D eigenvalue weighted by Crippen LogP contribution is -2.29. The van der Waals surface area contributed by atoms with Crippen LogP contribution in [0.25, 0.3) is 0 Å². The predicted molar refractivity (Wildman–Crippen MR) is 101 cm³/mol. The van der Waals surface area contributed by atoms with E-state index in [1.54, 1.807) is 13.0 Å². The summed E-state index contributed by atoms with van der Waals surface area (Å²) in [6, 6.07) is 10.4. The topological polar surface area (TPSA) is 60.5 Å². The van der Waals surface area contributed by atoms with Crippen molar-refractivity contribution in [1.29, 1.82) is 0 Å². The normalized spacial score (nSPS) is 19.3. The van der Waals surface area contributed by atoms with E-state index < -0.39 is 12.8 Å². The van der Waals surface area contributed by atoms with Crippen LogP contribution >= 0.6 is 0 Å². The first-order valence-electron chi connectivity index (χ1n) is 9.45. The molecule has 8 heteroatoms. The van der Waals surface area contributed by atoms with Gasteiger partial charge in [-0.1, -0.05) is 12.1 Å². The number of carbonyl (C=O) groups excluding carboxylic acids is 1. The summed E-state index contributed by atoms with van der Waals surface area (Å²) in [7, 11) is 0. The Kier molecular flexibility index (Phi) is 6.30. The molecule has 156 valence electrons. The Balaban J connectivity index is 1.53. The summed E-state index contributed by atoms with van der Waals surface area (Å²) in [6.45, 7) is 2.92. The number of ether oxygens (including phenoxy) is 2. The predicted octanol–water partition coefficient (Wildman–Crippen LogP) is 4.40. The van der Waals surface area contributed by atoms with Crippen LogP contribution in [0.15, 0.2) is 42.6 Å². The smallest absolute Gasteiger partial charge is 0.422 e. The molecule has 1 saturated carbocycles. The summed E-state index contributed by atoms with van der Waals surface area (Å²) in [4.78, 5) is 16.6. The third-order valence-corrected chi connectivity index (χ3v) is 4.69. The summed E-state index contributed by atoms with van der Waals surface area (Å²) in [5, 5.41) is 2.92. The van der Waals surface area contributed by atoms with Gasteiger partial charge in [-0.25, -0.2) is 0 Å². The molecule has 0 radical (unpaired) electrons. The molecule has 0 saturated heterocycles. The van der Waals surface area contributed by atoms with Gasteiger partial charge in [0.2, 0.25) is 5.91 Å². The van der Waals surface area contributed by atoms with Crippen LogP contribution in [0.5, 0.6) is 11.5 Å². The van der Waals surface area contributed by atoms with Gasteiger partial charge in [-0.05, 0) is 56.0 Å². The van der Waals surface area contributed by atoms with E-state index in [1.165, 1.54) is 12.3 Å². The third kappa shape index (κ3) is 5.85. The van der Waals surface area contributed by atoms with Crippen molar-refractivity contribution in [3.8, 4) is 11.5 Å². The van der Waals surface area contributed by atoms with Crippen LogP contribution in [0.1, 0.15) is 43.5 Å². The van der Waals surface area contributed by atoms with Crippen LogP contribution < -0.4 is 14.8 Å². The van der Waals surface area contributed by atoms with E-state index >= 15 is 0 Å². The van der Waals surface area contributed by atoms with Gasteiger partial charge in [0, 0.05) is 5.92 Å². The van der Waals surface area contributed by atoms with E-state index in [-0.39, 0.29) is 29.5 Å². The van der Waals surface area contributed by atoms with E-state index in [2.05, 4.69) is 15.0 Å². The molecule has 1 aromatic heterocycles. The summed E-state index contributed by atoms with van der Waals surface area (Å²) >= 11 is 0. The van der Waals surface area contributed by atoms with Crippen LogP contribution in [-0.2, 0) is 4.79 Å². The highest BCUT2D eigenvalue weighted by atomic mass is 19.4. The fourth-order valence-corrected chi connectivity index (χ4v) is 3.15. The van der Waals surface area contributed by atoms with Crippen molar-refractivity contribution in [2.75, 3.05) is 13.2 Å². The molecule has 1 aliphatic carbocycles. The number of amides is 1. The average Bonchev–Trinajstić information content (AvgIpc) is 3.48. The molecule has 29 heavy (non-hydrogen) atoms. The number of nitrogens with one attached hydrogen (secondary N) is 1. The van der Waals surface area contributed by atoms with Crippen molar-refractivity contribution in [3.63, 3.8) is 0 Å². The number of nitrogens with zero attached hydrogens (tertiary/aromatic N) is 1. The molecular formula is C21H23F3N2O3. The Morgan fingerprint density at radius 3 is 2.69 bits per heavy atom. The molecule has 1 fully saturated rings. The number of carbonyl (C=O) groups is 1. The van der Waals surface area contributed by atoms with Crippen LogP contribution in [0.3, 0.4) is 0 Å². The molecule has 0 spiro atoms. The number of aromatic nitrogens is 1. The minimum absolute atomic E-state index is 0.0287. The third-order valence-electron chi connectivity index (χ3n) is 4.69. The number of pyridine rings is 1. The second kappa shape index (κ2) is 8.71. The van der Waals surface area contributed by atoms with Gasteiger partial charge in [-0.15, -0.1) is 0 Å². The zero-order valence-electron chi connectivity index (χ0n) is 16.2. The Hall–Kier alpha value is -2.77. The van der Waals surface area contributed by atoms with E-state index in [1.807, 2.05) is 31.2 Å². The van der Waals surface area contributed by atoms with E-state index in [0.29, 0.717) is 12.3 Å². The van der Waals surface area contributed by atoms with Crippen molar-refractivity contribution in [1.82, 2.24) is 10.3 Å². The average molecular weight is 408 g/mol. The molecule has 5 nitrogen and oxygen atoms in total. The van der Waals surface area contributed by atoms with Gasteiger partial charge in [-0.2, -0.15) is 13.2 Å². The molecule has 1 aromatic carbocycles. The van der Waals surface area contributed by atoms with Crippen molar-refractivity contribution in [2.24, 2.45) is 5.92 Å². The highest BCUT2D eigenvalue weighted by molar-refractivity contribution is 5.83. The molecule has 2 aromatic rings. The molecule has 1 heterocycles. The SMILES string of the molecule is CCOc1cccc(C2CC2C(=O)N[C@H](C)c2ccc(OCC(F)(F)F)cn2)c1. The fourth-order valence-electron chi connectivity index (χ4n) is 3.15. The monoisotopic (exact) mass is 408 g/mol. The van der Waals surface area contributed by atoms with E-state index in [0.717, 1.165) is 17.7 Å². The molecule has 3 rings (SSSR count). The second-order valence-electron chi connectivity index (χ2n) is 7.01. The number of halogens is 3. The molecule has 0 bridgehead atoms. The summed E-state index contributed by atoms with van der Waals surface area (Å²) < 4.78 is 46.7. The molecular weight excluding hydrogens is 385 g/mol. The van der Waals surface area contributed by atoms with Gasteiger partial charge in [0.15, 0.2) is 6.61 Å². The maximum Gasteiger partial charge on any atom is 0.422 e. The Morgan fingerprint density at radius 2 is 2.03 bits per heavy atom. The van der Waals surface area contributed by atoms with Crippen LogP contribution in [-0.4, -0.2) is 30.3 Å². The van der Waals surface area contributed by atoms with Gasteiger partial charge in [0.25, 0.3) is 0 Å². The maximum absolute atomic E-state index is 12.5. The van der Waals surface area contributed by atoms with Crippen molar-refractivity contribution in [2.45, 2.75) is 38.4 Å². The van der Waals surface area contributed by atoms with E-state index in [9.17, 15) is 18.0 Å². The summed E-state index contributed by atoms with van der Waals surface area (Å²) in [6.07, 6.45) is -2.41. The van der Waals surface area contributed by atoms with Crippen LogP contribution in [0.2, 0.25) is 0 Å². The lowest BCUT2D eigenvalue weighted by atomic mass is 10.1. The molecule has 1 N–H and O–H groups in total. The molecule has 2 unspecified atom stereocenters. The number of benzene rings is 1. The van der Waals surface area contributed by atoms with Gasteiger partial charge >= 0.3 is 6.18 Å². The highest BCUT2D eigenvalue weighted by Crippen LogP contribution is 2.48. The van der Waals surface area contributed by atoms with Gasteiger partial charge in [0.1, 0.15) is 11.5 Å². The molecule has 0 aliphatic heterocycles. The lowest BCUT2D eigenvalue weighted by Gasteiger charge is -2.14. The van der Waals surface area contributed by atoms with Gasteiger partial charge in [0.05, 0.1) is 24.5 Å². The minimum Gasteiger partial charge on any atom is -0.494 e. The first-order chi connectivity index (χ1) is 13.8. The summed E-state index contributed by atoms with van der Waals surface area (Å²) in [5.74, 6) is 0.809. The fraction of sp³-hybridized carbons (Fsp3) is 0.429.